The Morgan fingerprint density at radius 1 is 0.714 bits per heavy atom. The van der Waals surface area contributed by atoms with E-state index >= 15 is 0 Å². The van der Waals surface area contributed by atoms with Gasteiger partial charge in [-0.3, -0.25) is 0 Å². The number of carbonyl (C=O) groups is 2. The molecule has 0 aliphatic carbocycles. The van der Waals surface area contributed by atoms with E-state index in [0.29, 0.717) is 26.2 Å². The number of nitrogens with one attached hydrogen (secondary N) is 1. The monoisotopic (exact) mass is 564 g/mol. The van der Waals surface area contributed by atoms with Crippen LogP contribution in [0.25, 0.3) is 0 Å². The van der Waals surface area contributed by atoms with E-state index in [-0.39, 0.29) is 17.8 Å². The van der Waals surface area contributed by atoms with Crippen molar-refractivity contribution in [2.24, 2.45) is 0 Å². The number of rotatable bonds is 1. The minimum atomic E-state index is -3.19. The maximum atomic E-state index is 11.7. The van der Waals surface area contributed by atoms with Gasteiger partial charge in [0.05, 0.1) is 12.5 Å². The van der Waals surface area contributed by atoms with Crippen molar-refractivity contribution in [3.8, 4) is 0 Å². The largest absolute Gasteiger partial charge is 0.444 e. The summed E-state index contributed by atoms with van der Waals surface area (Å²) >= 11 is 0. The van der Waals surface area contributed by atoms with E-state index in [2.05, 4.69) is 16.0 Å². The fraction of sp³-hybridized carbons (Fsp3) is 0.900. The van der Waals surface area contributed by atoms with Gasteiger partial charge >= 0.3 is 12.2 Å². The Kier molecular flexibility index (Phi) is 13.3. The predicted octanol–water partition coefficient (Wildman–Crippen LogP) is 1.51. The van der Waals surface area contributed by atoms with E-state index in [0.717, 1.165) is 32.4 Å². The molecule has 208 valence electrons. The van der Waals surface area contributed by atoms with Crippen molar-refractivity contribution < 1.29 is 35.9 Å². The number of sulfonamides is 1. The number of nitrogens with zero attached hydrogens (tertiary/aromatic N) is 3. The van der Waals surface area contributed by atoms with Crippen molar-refractivity contribution in [1.29, 1.82) is 0 Å². The van der Waals surface area contributed by atoms with Crippen LogP contribution in [0.2, 0.25) is 0 Å². The molecule has 2 heterocycles. The highest BCUT2D eigenvalue weighted by molar-refractivity contribution is 8.13. The van der Waals surface area contributed by atoms with Crippen LogP contribution in [0.5, 0.6) is 0 Å². The first-order chi connectivity index (χ1) is 15.6. The lowest BCUT2D eigenvalue weighted by molar-refractivity contribution is 0.0190. The lowest BCUT2D eigenvalue weighted by Gasteiger charge is -2.34. The van der Waals surface area contributed by atoms with Crippen molar-refractivity contribution in [3.63, 3.8) is 0 Å². The first-order valence-electron chi connectivity index (χ1n) is 11.1. The third-order valence-corrected chi connectivity index (χ3v) is 5.43. The molecule has 0 bridgehead atoms. The van der Waals surface area contributed by atoms with Gasteiger partial charge in [-0.1, -0.05) is 0 Å². The molecule has 35 heavy (non-hydrogen) atoms. The van der Waals surface area contributed by atoms with Crippen LogP contribution in [0.4, 0.5) is 9.59 Å². The molecule has 2 rings (SSSR count). The number of hydrogen-bond acceptors (Lipinski definition) is 9. The van der Waals surface area contributed by atoms with Gasteiger partial charge in [-0.25, -0.2) is 26.4 Å². The van der Waals surface area contributed by atoms with E-state index in [1.54, 1.807) is 25.7 Å². The van der Waals surface area contributed by atoms with E-state index < -0.39 is 24.7 Å². The maximum Gasteiger partial charge on any atom is 0.410 e. The first-order valence-corrected chi connectivity index (χ1v) is 15.7. The van der Waals surface area contributed by atoms with Crippen molar-refractivity contribution in [2.75, 3.05) is 64.9 Å². The summed E-state index contributed by atoms with van der Waals surface area (Å²) in [5.74, 6) is 0. The van der Waals surface area contributed by atoms with Crippen LogP contribution in [0.3, 0.4) is 0 Å². The van der Waals surface area contributed by atoms with Gasteiger partial charge in [0.25, 0.3) is 0 Å². The van der Waals surface area contributed by atoms with Gasteiger partial charge in [0.1, 0.15) is 11.2 Å². The molecule has 0 radical (unpaired) electrons. The van der Waals surface area contributed by atoms with E-state index in [1.807, 2.05) is 20.8 Å². The molecule has 0 aromatic carbocycles. The molecule has 0 spiro atoms. The van der Waals surface area contributed by atoms with Crippen LogP contribution in [-0.2, 0) is 28.5 Å². The zero-order valence-electron chi connectivity index (χ0n) is 22.0. The molecule has 12 nitrogen and oxygen atoms in total. The summed E-state index contributed by atoms with van der Waals surface area (Å²) in [5, 5.41) is 3.18. The zero-order chi connectivity index (χ0) is 27.7. The maximum absolute atomic E-state index is 11.7. The fourth-order valence-corrected chi connectivity index (χ4v) is 3.53. The lowest BCUT2D eigenvalue weighted by Crippen LogP contribution is -2.51. The molecular formula is C20H41ClN4O8S2. The second-order valence-electron chi connectivity index (χ2n) is 10.0. The number of hydrogen-bond donors (Lipinski definition) is 1. The Morgan fingerprint density at radius 3 is 1.31 bits per heavy atom. The summed E-state index contributed by atoms with van der Waals surface area (Å²) in [6.07, 6.45) is 1.52. The average molecular weight is 565 g/mol. The molecule has 15 heteroatoms. The predicted molar refractivity (Wildman–Crippen MR) is 136 cm³/mol. The molecule has 0 atom stereocenters. The SMILES string of the molecule is CC(C)(C)OC(=O)N1CCN(S(C)(=O)=O)CC1.CC(C)(C)OC(=O)N1CCNCC1.CS(=O)(=O)Cl. The summed E-state index contributed by atoms with van der Waals surface area (Å²) in [5.41, 5.74) is -0.910. The standard InChI is InChI=1S/C10H20N2O4S.C9H18N2O2.CH3ClO2S/c1-10(2,3)16-9(13)11-5-7-12(8-6-11)17(4,14)15;1-9(2,3)13-8(12)11-6-4-10-5-7-11;1-5(2,3)4/h5-8H2,1-4H3;10H,4-7H2,1-3H3;1H3. The summed E-state index contributed by atoms with van der Waals surface area (Å²) in [4.78, 5) is 26.5. The Labute approximate surface area is 214 Å². The van der Waals surface area contributed by atoms with Crippen LogP contribution < -0.4 is 5.32 Å². The van der Waals surface area contributed by atoms with Crippen LogP contribution >= 0.6 is 10.7 Å². The molecule has 2 saturated heterocycles. The summed E-state index contributed by atoms with van der Waals surface area (Å²) in [6.45, 7) is 15.7. The second-order valence-corrected chi connectivity index (χ2v) is 15.1. The van der Waals surface area contributed by atoms with Crippen LogP contribution in [0.15, 0.2) is 0 Å². The summed E-state index contributed by atoms with van der Waals surface area (Å²) < 4.78 is 53.2. The topological polar surface area (TPSA) is 143 Å². The molecule has 2 aliphatic rings. The van der Waals surface area contributed by atoms with E-state index in [1.165, 1.54) is 15.5 Å². The molecule has 2 amide bonds. The fourth-order valence-electron chi connectivity index (χ4n) is 2.70. The average Bonchev–Trinajstić information content (AvgIpc) is 2.65. The Morgan fingerprint density at radius 2 is 1.03 bits per heavy atom. The van der Waals surface area contributed by atoms with Crippen LogP contribution in [0.1, 0.15) is 41.5 Å². The van der Waals surface area contributed by atoms with E-state index in [4.69, 9.17) is 9.47 Å². The van der Waals surface area contributed by atoms with E-state index in [9.17, 15) is 26.4 Å². The molecule has 2 fully saturated rings. The molecule has 0 unspecified atom stereocenters. The summed E-state index contributed by atoms with van der Waals surface area (Å²) in [7, 11) is -1.85. The number of carbonyl (C=O) groups excluding carboxylic acids is 2. The zero-order valence-corrected chi connectivity index (χ0v) is 24.3. The van der Waals surface area contributed by atoms with Gasteiger partial charge in [0.2, 0.25) is 19.1 Å². The third kappa shape index (κ3) is 18.6. The highest BCUT2D eigenvalue weighted by Crippen LogP contribution is 2.13. The first kappa shape index (κ1) is 33.7. The van der Waals surface area contributed by atoms with Crippen molar-refractivity contribution in [1.82, 2.24) is 19.4 Å². The van der Waals surface area contributed by atoms with Gasteiger partial charge in [-0.05, 0) is 41.5 Å². The lowest BCUT2D eigenvalue weighted by atomic mass is 10.2. The molecule has 0 aromatic heterocycles. The van der Waals surface area contributed by atoms with Crippen LogP contribution in [-0.4, -0.2) is 119 Å². The summed E-state index contributed by atoms with van der Waals surface area (Å²) in [6, 6.07) is 0. The van der Waals surface area contributed by atoms with Crippen LogP contribution in [0, 0.1) is 0 Å². The van der Waals surface area contributed by atoms with Crippen molar-refractivity contribution >= 4 is 41.9 Å². The molecule has 1 N–H and O–H groups in total. The third-order valence-electron chi connectivity index (χ3n) is 4.13. The molecule has 0 saturated carbocycles. The highest BCUT2D eigenvalue weighted by Gasteiger charge is 2.28. The Hall–Kier alpha value is -1.35. The minimum Gasteiger partial charge on any atom is -0.444 e. The van der Waals surface area contributed by atoms with Crippen molar-refractivity contribution in [3.05, 3.63) is 0 Å². The number of ether oxygens (including phenoxy) is 2. The quantitative estimate of drug-likeness (QED) is 0.469. The Bertz CT molecular complexity index is 877. The molecule has 2 aliphatic heterocycles. The second kappa shape index (κ2) is 13.8. The van der Waals surface area contributed by atoms with Gasteiger partial charge < -0.3 is 24.6 Å². The molecule has 0 aromatic rings. The number of halogens is 1. The number of amides is 2. The van der Waals surface area contributed by atoms with Gasteiger partial charge in [-0.15, -0.1) is 0 Å². The van der Waals surface area contributed by atoms with Crippen molar-refractivity contribution in [2.45, 2.75) is 52.7 Å². The number of piperazine rings is 2. The normalized spacial score (nSPS) is 17.9. The smallest absolute Gasteiger partial charge is 0.410 e. The van der Waals surface area contributed by atoms with Gasteiger partial charge in [-0.2, -0.15) is 4.31 Å². The highest BCUT2D eigenvalue weighted by atomic mass is 35.7. The van der Waals surface area contributed by atoms with Gasteiger partial charge in [0.15, 0.2) is 0 Å². The Balaban J connectivity index is 0.000000567. The minimum absolute atomic E-state index is 0.200. The van der Waals surface area contributed by atoms with Gasteiger partial charge in [0, 0.05) is 63.0 Å². The molecular weight excluding hydrogens is 524 g/mol.